The minimum Gasteiger partial charge on any atom is -0.326 e. The van der Waals surface area contributed by atoms with Crippen molar-refractivity contribution in [3.05, 3.63) is 40.7 Å². The van der Waals surface area contributed by atoms with Gasteiger partial charge in [0.05, 0.1) is 5.25 Å². The molecule has 1 aromatic carbocycles. The van der Waals surface area contributed by atoms with Gasteiger partial charge in [-0.1, -0.05) is 48.5 Å². The molecule has 1 heterocycles. The zero-order valence-electron chi connectivity index (χ0n) is 10.9. The van der Waals surface area contributed by atoms with E-state index in [4.69, 9.17) is 17.3 Å². The Hall–Kier alpha value is -1.04. The van der Waals surface area contributed by atoms with Crippen molar-refractivity contribution in [3.8, 4) is 0 Å². The van der Waals surface area contributed by atoms with E-state index >= 15 is 0 Å². The van der Waals surface area contributed by atoms with Crippen molar-refractivity contribution in [1.82, 2.24) is 15.2 Å². The number of hydrogen-bond donors (Lipinski definition) is 2. The Morgan fingerprint density at radius 3 is 2.74 bits per heavy atom. The fourth-order valence-electron chi connectivity index (χ4n) is 1.79. The number of thioether (sulfide) groups is 1. The van der Waals surface area contributed by atoms with Gasteiger partial charge in [-0.3, -0.25) is 5.10 Å². The van der Waals surface area contributed by atoms with Crippen LogP contribution < -0.4 is 5.73 Å². The van der Waals surface area contributed by atoms with E-state index in [1.165, 1.54) is 0 Å². The summed E-state index contributed by atoms with van der Waals surface area (Å²) in [6.45, 7) is 3.94. The first kappa shape index (κ1) is 14.4. The maximum Gasteiger partial charge on any atom is 0.209 e. The Kier molecular flexibility index (Phi) is 4.85. The summed E-state index contributed by atoms with van der Waals surface area (Å²) >= 11 is 7.82. The van der Waals surface area contributed by atoms with Crippen molar-refractivity contribution in [2.75, 3.05) is 0 Å². The minimum absolute atomic E-state index is 0.00343. The van der Waals surface area contributed by atoms with E-state index in [-0.39, 0.29) is 11.3 Å². The lowest BCUT2D eigenvalue weighted by Gasteiger charge is -2.22. The van der Waals surface area contributed by atoms with Crippen LogP contribution in [0.15, 0.2) is 29.4 Å². The summed E-state index contributed by atoms with van der Waals surface area (Å²) in [4.78, 5) is 4.32. The molecule has 2 atom stereocenters. The molecule has 0 aliphatic carbocycles. The van der Waals surface area contributed by atoms with Crippen LogP contribution >= 0.6 is 23.4 Å². The van der Waals surface area contributed by atoms with Crippen LogP contribution in [0.3, 0.4) is 0 Å². The predicted octanol–water partition coefficient (Wildman–Crippen LogP) is 3.34. The fraction of sp³-hybridized carbons (Fsp3) is 0.385. The van der Waals surface area contributed by atoms with Gasteiger partial charge < -0.3 is 5.73 Å². The van der Waals surface area contributed by atoms with Crippen LogP contribution in [0.25, 0.3) is 0 Å². The third kappa shape index (κ3) is 3.49. The molecule has 2 aromatic rings. The van der Waals surface area contributed by atoms with Crippen molar-refractivity contribution < 1.29 is 0 Å². The Morgan fingerprint density at radius 2 is 2.16 bits per heavy atom. The summed E-state index contributed by atoms with van der Waals surface area (Å²) in [7, 11) is 0. The lowest BCUT2D eigenvalue weighted by Crippen LogP contribution is -2.26. The van der Waals surface area contributed by atoms with E-state index in [0.29, 0.717) is 5.16 Å². The molecule has 0 spiro atoms. The van der Waals surface area contributed by atoms with Crippen molar-refractivity contribution >= 4 is 23.4 Å². The van der Waals surface area contributed by atoms with E-state index in [1.54, 1.807) is 11.8 Å². The number of nitrogens with one attached hydrogen (secondary N) is 1. The molecular formula is C13H17ClN4S. The lowest BCUT2D eigenvalue weighted by molar-refractivity contribution is 0.633. The first-order chi connectivity index (χ1) is 9.11. The number of hydrogen-bond acceptors (Lipinski definition) is 4. The van der Waals surface area contributed by atoms with Crippen molar-refractivity contribution in [3.63, 3.8) is 0 Å². The van der Waals surface area contributed by atoms with E-state index < -0.39 is 0 Å². The minimum atomic E-state index is 0.00343. The van der Waals surface area contributed by atoms with Crippen LogP contribution in [0.4, 0.5) is 0 Å². The van der Waals surface area contributed by atoms with Crippen LogP contribution in [0.2, 0.25) is 5.02 Å². The largest absolute Gasteiger partial charge is 0.326 e. The van der Waals surface area contributed by atoms with Crippen LogP contribution in [0.1, 0.15) is 30.0 Å². The normalized spacial score (nSPS) is 14.3. The number of aromatic amines is 1. The average Bonchev–Trinajstić information content (AvgIpc) is 2.82. The topological polar surface area (TPSA) is 67.6 Å². The molecule has 0 aliphatic heterocycles. The van der Waals surface area contributed by atoms with Gasteiger partial charge in [-0.25, -0.2) is 4.98 Å². The van der Waals surface area contributed by atoms with Gasteiger partial charge in [-0.05, 0) is 25.0 Å². The molecule has 0 radical (unpaired) electrons. The molecule has 0 aliphatic rings. The zero-order chi connectivity index (χ0) is 13.8. The van der Waals surface area contributed by atoms with Gasteiger partial charge in [0, 0.05) is 11.1 Å². The molecule has 2 rings (SSSR count). The van der Waals surface area contributed by atoms with Gasteiger partial charge in [0.25, 0.3) is 0 Å². The quantitative estimate of drug-likeness (QED) is 0.831. The van der Waals surface area contributed by atoms with Gasteiger partial charge in [0.2, 0.25) is 5.16 Å². The maximum atomic E-state index is 6.27. The molecule has 0 amide bonds. The van der Waals surface area contributed by atoms with Crippen LogP contribution in [-0.2, 0) is 0 Å². The Bertz CT molecular complexity index is 543. The summed E-state index contributed by atoms with van der Waals surface area (Å²) in [5, 5.41) is 8.48. The number of nitrogens with zero attached hydrogens (tertiary/aromatic N) is 2. The Labute approximate surface area is 122 Å². The molecule has 4 nitrogen and oxygen atoms in total. The lowest BCUT2D eigenvalue weighted by atomic mass is 10.0. The third-order valence-corrected chi connectivity index (χ3v) is 4.48. The van der Waals surface area contributed by atoms with E-state index in [9.17, 15) is 0 Å². The highest BCUT2D eigenvalue weighted by Crippen LogP contribution is 2.39. The second kappa shape index (κ2) is 6.41. The smallest absolute Gasteiger partial charge is 0.209 e. The second-order valence-corrected chi connectivity index (χ2v) is 5.85. The Balaban J connectivity index is 2.29. The van der Waals surface area contributed by atoms with Crippen molar-refractivity contribution in [1.29, 1.82) is 0 Å². The van der Waals surface area contributed by atoms with E-state index in [1.807, 2.05) is 31.2 Å². The van der Waals surface area contributed by atoms with E-state index in [2.05, 4.69) is 22.1 Å². The Morgan fingerprint density at radius 1 is 1.42 bits per heavy atom. The highest BCUT2D eigenvalue weighted by Gasteiger charge is 2.23. The SMILES string of the molecule is CCC(N)C(Sc1n[nH]c(C)n1)c1ccccc1Cl. The van der Waals surface area contributed by atoms with Crippen molar-refractivity contribution in [2.45, 2.75) is 36.7 Å². The molecule has 0 bridgehead atoms. The molecule has 0 saturated heterocycles. The molecule has 0 saturated carbocycles. The van der Waals surface area contributed by atoms with E-state index in [0.717, 1.165) is 22.8 Å². The number of aryl methyl sites for hydroxylation is 1. The number of nitrogens with two attached hydrogens (primary N) is 1. The van der Waals surface area contributed by atoms with Crippen LogP contribution in [-0.4, -0.2) is 21.2 Å². The zero-order valence-corrected chi connectivity index (χ0v) is 12.5. The van der Waals surface area contributed by atoms with Crippen LogP contribution in [0.5, 0.6) is 0 Å². The second-order valence-electron chi connectivity index (χ2n) is 4.34. The summed E-state index contributed by atoms with van der Waals surface area (Å²) < 4.78 is 0. The molecule has 3 N–H and O–H groups in total. The first-order valence-corrected chi connectivity index (χ1v) is 7.43. The number of benzene rings is 1. The standard InChI is InChI=1S/C13H17ClN4S/c1-3-11(15)12(9-6-4-5-7-10(9)14)19-13-16-8(2)17-18-13/h4-7,11-12H,3,15H2,1-2H3,(H,16,17,18). The number of aromatic nitrogens is 3. The predicted molar refractivity (Wildman–Crippen MR) is 79.4 cm³/mol. The fourth-order valence-corrected chi connectivity index (χ4v) is 3.32. The highest BCUT2D eigenvalue weighted by molar-refractivity contribution is 7.99. The molecule has 2 unspecified atom stereocenters. The molecule has 0 fully saturated rings. The van der Waals surface area contributed by atoms with Gasteiger partial charge in [0.1, 0.15) is 5.82 Å². The molecule has 19 heavy (non-hydrogen) atoms. The molecule has 1 aromatic heterocycles. The molecule has 6 heteroatoms. The highest BCUT2D eigenvalue weighted by atomic mass is 35.5. The summed E-state index contributed by atoms with van der Waals surface area (Å²) in [6, 6.07) is 7.79. The maximum absolute atomic E-state index is 6.27. The molecular weight excluding hydrogens is 280 g/mol. The van der Waals surface area contributed by atoms with Crippen molar-refractivity contribution in [2.24, 2.45) is 5.73 Å². The van der Waals surface area contributed by atoms with Gasteiger partial charge in [-0.15, -0.1) is 5.10 Å². The number of halogens is 1. The average molecular weight is 297 g/mol. The molecule has 102 valence electrons. The third-order valence-electron chi connectivity index (χ3n) is 2.88. The van der Waals surface area contributed by atoms with Crippen LogP contribution in [0, 0.1) is 6.92 Å². The first-order valence-electron chi connectivity index (χ1n) is 6.17. The van der Waals surface area contributed by atoms with Gasteiger partial charge >= 0.3 is 0 Å². The van der Waals surface area contributed by atoms with Gasteiger partial charge in [0.15, 0.2) is 0 Å². The number of rotatable bonds is 5. The summed E-state index contributed by atoms with van der Waals surface area (Å²) in [5.41, 5.74) is 7.26. The number of H-pyrrole nitrogens is 1. The van der Waals surface area contributed by atoms with Gasteiger partial charge in [-0.2, -0.15) is 0 Å². The monoisotopic (exact) mass is 296 g/mol. The summed E-state index contributed by atoms with van der Waals surface area (Å²) in [6.07, 6.45) is 0.867. The summed E-state index contributed by atoms with van der Waals surface area (Å²) in [5.74, 6) is 0.797.